The van der Waals surface area contributed by atoms with Gasteiger partial charge in [-0.1, -0.05) is 108 Å². The Morgan fingerprint density at radius 3 is 2.38 bits per heavy atom. The summed E-state index contributed by atoms with van der Waals surface area (Å²) in [5.41, 5.74) is 4.13. The van der Waals surface area contributed by atoms with Gasteiger partial charge >= 0.3 is 0 Å². The molecule has 0 bridgehead atoms. The van der Waals surface area contributed by atoms with E-state index in [1.54, 1.807) is 16.3 Å². The molecule has 5 rings (SSSR count). The number of benzene rings is 3. The number of hydrogen-bond donors (Lipinski definition) is 0. The molecule has 0 fully saturated rings. The van der Waals surface area contributed by atoms with Gasteiger partial charge in [0.05, 0.1) is 5.39 Å². The van der Waals surface area contributed by atoms with Crippen LogP contribution in [0.25, 0.3) is 27.4 Å². The van der Waals surface area contributed by atoms with Crippen LogP contribution in [0.1, 0.15) is 11.1 Å². The number of rotatable bonds is 7. The van der Waals surface area contributed by atoms with Gasteiger partial charge in [0.2, 0.25) is 0 Å². The molecule has 3 nitrogen and oxygen atoms in total. The Bertz CT molecular complexity index is 1490. The normalized spacial score (nSPS) is 11.4. The number of allylic oxidation sites excluding steroid dienone is 1. The first-order valence-electron chi connectivity index (χ1n) is 10.9. The molecule has 5 aromatic rings. The zero-order valence-corrected chi connectivity index (χ0v) is 20.6. The van der Waals surface area contributed by atoms with E-state index in [4.69, 9.17) is 16.6 Å². The minimum Gasteiger partial charge on any atom is -0.283 e. The van der Waals surface area contributed by atoms with Crippen LogP contribution in [-0.2, 0) is 12.3 Å². The minimum atomic E-state index is -0.0236. The fourth-order valence-electron chi connectivity index (χ4n) is 3.70. The quantitative estimate of drug-likeness (QED) is 0.169. The van der Waals surface area contributed by atoms with Crippen LogP contribution in [0.5, 0.6) is 0 Å². The van der Waals surface area contributed by atoms with Gasteiger partial charge in [0, 0.05) is 28.3 Å². The van der Waals surface area contributed by atoms with Gasteiger partial charge in [0.25, 0.3) is 5.56 Å². The van der Waals surface area contributed by atoms with Crippen LogP contribution in [0.3, 0.4) is 0 Å². The van der Waals surface area contributed by atoms with E-state index < -0.39 is 0 Å². The minimum absolute atomic E-state index is 0.0236. The van der Waals surface area contributed by atoms with Crippen molar-refractivity contribution >= 4 is 51.0 Å². The fourth-order valence-corrected chi connectivity index (χ4v) is 5.78. The molecule has 6 heteroatoms. The average Bonchev–Trinajstić information content (AvgIpc) is 3.30. The number of aromatic nitrogens is 2. The summed E-state index contributed by atoms with van der Waals surface area (Å²) in [4.78, 5) is 19.5. The second-order valence-electron chi connectivity index (χ2n) is 7.73. The first kappa shape index (κ1) is 22.7. The molecule has 0 saturated carbocycles. The standard InChI is InChI=1S/C28H21ClN2OS2/c29-23-15-13-22(14-16-23)24-19-33-26-25(24)27(32)31(17-7-12-20-8-3-1-4-9-20)28(30-26)34-18-21-10-5-2-6-11-21/h1-16,19H,17-18H2/b12-7-. The van der Waals surface area contributed by atoms with E-state index in [9.17, 15) is 4.79 Å². The lowest BCUT2D eigenvalue weighted by Crippen LogP contribution is -2.22. The third kappa shape index (κ3) is 5.02. The maximum Gasteiger partial charge on any atom is 0.263 e. The molecule has 0 saturated heterocycles. The Hall–Kier alpha value is -3.12. The molecule has 0 atom stereocenters. The monoisotopic (exact) mass is 500 g/mol. The van der Waals surface area contributed by atoms with E-state index >= 15 is 0 Å². The Balaban J connectivity index is 1.56. The van der Waals surface area contributed by atoms with Gasteiger partial charge in [-0.25, -0.2) is 4.98 Å². The number of hydrogen-bond acceptors (Lipinski definition) is 4. The Kier molecular flexibility index (Phi) is 6.95. The van der Waals surface area contributed by atoms with Crippen molar-refractivity contribution in [1.29, 1.82) is 0 Å². The third-order valence-corrected chi connectivity index (χ3v) is 7.59. The fraction of sp³-hybridized carbons (Fsp3) is 0.0714. The molecule has 0 spiro atoms. The van der Waals surface area contributed by atoms with E-state index in [1.807, 2.05) is 90.3 Å². The molecule has 0 N–H and O–H groups in total. The molecule has 34 heavy (non-hydrogen) atoms. The maximum atomic E-state index is 13.8. The molecule has 0 amide bonds. The van der Waals surface area contributed by atoms with Gasteiger partial charge in [-0.2, -0.15) is 0 Å². The van der Waals surface area contributed by atoms with Crippen molar-refractivity contribution in [3.8, 4) is 11.1 Å². The second kappa shape index (κ2) is 10.4. The van der Waals surface area contributed by atoms with Gasteiger partial charge in [-0.05, 0) is 28.8 Å². The molecule has 2 aromatic heterocycles. The van der Waals surface area contributed by atoms with Crippen LogP contribution in [0, 0.1) is 0 Å². The maximum absolute atomic E-state index is 13.8. The van der Waals surface area contributed by atoms with Gasteiger partial charge in [-0.3, -0.25) is 9.36 Å². The zero-order chi connectivity index (χ0) is 23.3. The van der Waals surface area contributed by atoms with Gasteiger partial charge in [-0.15, -0.1) is 11.3 Å². The summed E-state index contributed by atoms with van der Waals surface area (Å²) in [6.45, 7) is 0.448. The largest absolute Gasteiger partial charge is 0.283 e. The molecule has 0 aliphatic rings. The van der Waals surface area contributed by atoms with Crippen LogP contribution >= 0.6 is 34.7 Å². The highest BCUT2D eigenvalue weighted by atomic mass is 35.5. The van der Waals surface area contributed by atoms with Crippen LogP contribution in [-0.4, -0.2) is 9.55 Å². The van der Waals surface area contributed by atoms with Crippen LogP contribution in [0.4, 0.5) is 0 Å². The lowest BCUT2D eigenvalue weighted by Gasteiger charge is -2.11. The summed E-state index contributed by atoms with van der Waals surface area (Å²) < 4.78 is 1.78. The molecule has 0 radical (unpaired) electrons. The SMILES string of the molecule is O=c1c2c(-c3ccc(Cl)cc3)csc2nc(SCc2ccccc2)n1C/C=C\c1ccccc1. The zero-order valence-electron chi connectivity index (χ0n) is 18.2. The third-order valence-electron chi connectivity index (χ3n) is 5.42. The van der Waals surface area contributed by atoms with Crippen LogP contribution in [0.2, 0.25) is 5.02 Å². The topological polar surface area (TPSA) is 34.9 Å². The molecule has 3 aromatic carbocycles. The Morgan fingerprint density at radius 2 is 1.65 bits per heavy atom. The number of halogens is 1. The summed E-state index contributed by atoms with van der Waals surface area (Å²) in [6, 6.07) is 27.9. The van der Waals surface area contributed by atoms with Gasteiger partial charge in [0.1, 0.15) is 4.83 Å². The molecule has 0 unspecified atom stereocenters. The van der Waals surface area contributed by atoms with Gasteiger partial charge in [0.15, 0.2) is 5.16 Å². The number of thioether (sulfide) groups is 1. The summed E-state index contributed by atoms with van der Waals surface area (Å²) >= 11 is 9.17. The van der Waals surface area contributed by atoms with Crippen LogP contribution in [0.15, 0.2) is 106 Å². The van der Waals surface area contributed by atoms with E-state index in [0.29, 0.717) is 17.0 Å². The number of nitrogens with zero attached hydrogens (tertiary/aromatic N) is 2. The van der Waals surface area contributed by atoms with Crippen molar-refractivity contribution in [2.24, 2.45) is 0 Å². The molecular weight excluding hydrogens is 480 g/mol. The van der Waals surface area contributed by atoms with Gasteiger partial charge < -0.3 is 0 Å². The van der Waals surface area contributed by atoms with Crippen molar-refractivity contribution in [2.45, 2.75) is 17.5 Å². The lowest BCUT2D eigenvalue weighted by molar-refractivity contribution is 0.673. The lowest BCUT2D eigenvalue weighted by atomic mass is 10.1. The number of fused-ring (bicyclic) bond motifs is 1. The van der Waals surface area contributed by atoms with Crippen LogP contribution < -0.4 is 5.56 Å². The molecule has 168 valence electrons. The molecule has 0 aliphatic heterocycles. The Labute approximate surface area is 211 Å². The molecular formula is C28H21ClN2OS2. The smallest absolute Gasteiger partial charge is 0.263 e. The van der Waals surface area contributed by atoms with E-state index in [1.165, 1.54) is 16.9 Å². The predicted molar refractivity (Wildman–Crippen MR) is 146 cm³/mol. The molecule has 2 heterocycles. The van der Waals surface area contributed by atoms with Crippen molar-refractivity contribution in [2.75, 3.05) is 0 Å². The predicted octanol–water partition coefficient (Wildman–Crippen LogP) is 7.78. The van der Waals surface area contributed by atoms with E-state index in [2.05, 4.69) is 12.1 Å². The Morgan fingerprint density at radius 1 is 0.941 bits per heavy atom. The van der Waals surface area contributed by atoms with Crippen molar-refractivity contribution in [3.05, 3.63) is 123 Å². The van der Waals surface area contributed by atoms with Crippen molar-refractivity contribution in [1.82, 2.24) is 9.55 Å². The summed E-state index contributed by atoms with van der Waals surface area (Å²) in [5, 5.41) is 4.07. The first-order chi connectivity index (χ1) is 16.7. The first-order valence-corrected chi connectivity index (χ1v) is 13.1. The summed E-state index contributed by atoms with van der Waals surface area (Å²) in [7, 11) is 0. The highest BCUT2D eigenvalue weighted by Crippen LogP contribution is 2.33. The number of thiophene rings is 1. The summed E-state index contributed by atoms with van der Waals surface area (Å²) in [6.07, 6.45) is 4.06. The molecule has 0 aliphatic carbocycles. The van der Waals surface area contributed by atoms with Crippen molar-refractivity contribution in [3.63, 3.8) is 0 Å². The van der Waals surface area contributed by atoms with Crippen molar-refractivity contribution < 1.29 is 0 Å². The highest BCUT2D eigenvalue weighted by molar-refractivity contribution is 7.98. The average molecular weight is 501 g/mol. The second-order valence-corrected chi connectivity index (χ2v) is 9.97. The van der Waals surface area contributed by atoms with E-state index in [-0.39, 0.29) is 5.56 Å². The van der Waals surface area contributed by atoms with E-state index in [0.717, 1.165) is 32.4 Å². The highest BCUT2D eigenvalue weighted by Gasteiger charge is 2.17. The summed E-state index contributed by atoms with van der Waals surface area (Å²) in [5.74, 6) is 0.747.